The molecule has 29 heavy (non-hydrogen) atoms. The molecule has 0 aliphatic carbocycles. The molecule has 4 rings (SSSR count). The second-order valence-corrected chi connectivity index (χ2v) is 7.56. The summed E-state index contributed by atoms with van der Waals surface area (Å²) in [5, 5.41) is 0. The molecule has 0 bridgehead atoms. The third-order valence-electron chi connectivity index (χ3n) is 5.82. The first-order valence-corrected chi connectivity index (χ1v) is 9.93. The van der Waals surface area contributed by atoms with Crippen LogP contribution in [0.4, 0.5) is 0 Å². The standard InChI is InChI=1S/C22H26N2O5/c1-27-19-8-7-15(11-20(19)28-2)18-6-3-9-24(18)22(26)16-12-21(25)23(13-16)14-17-5-4-10-29-17/h4-5,7-8,10-11,16,18H,3,6,9,12-14H2,1-2H3. The van der Waals surface area contributed by atoms with Crippen molar-refractivity contribution in [1.29, 1.82) is 0 Å². The van der Waals surface area contributed by atoms with Crippen molar-refractivity contribution in [3.8, 4) is 11.5 Å². The molecule has 2 amide bonds. The lowest BCUT2D eigenvalue weighted by Gasteiger charge is -2.28. The molecule has 0 N–H and O–H groups in total. The van der Waals surface area contributed by atoms with Crippen molar-refractivity contribution in [3.05, 3.63) is 47.9 Å². The maximum atomic E-state index is 13.3. The van der Waals surface area contributed by atoms with E-state index in [0.717, 1.165) is 24.2 Å². The fraction of sp³-hybridized carbons (Fsp3) is 0.455. The van der Waals surface area contributed by atoms with Crippen LogP contribution < -0.4 is 9.47 Å². The van der Waals surface area contributed by atoms with Crippen molar-refractivity contribution in [2.45, 2.75) is 31.8 Å². The number of amides is 2. The molecule has 2 fully saturated rings. The van der Waals surface area contributed by atoms with Gasteiger partial charge in [-0.3, -0.25) is 9.59 Å². The summed E-state index contributed by atoms with van der Waals surface area (Å²) in [6.07, 6.45) is 3.70. The van der Waals surface area contributed by atoms with Gasteiger partial charge in [0.1, 0.15) is 5.76 Å². The number of benzene rings is 1. The highest BCUT2D eigenvalue weighted by Gasteiger charge is 2.40. The van der Waals surface area contributed by atoms with Gasteiger partial charge in [0.2, 0.25) is 11.8 Å². The molecular weight excluding hydrogens is 372 g/mol. The van der Waals surface area contributed by atoms with E-state index in [9.17, 15) is 9.59 Å². The number of methoxy groups -OCH3 is 2. The number of hydrogen-bond acceptors (Lipinski definition) is 5. The molecule has 7 nitrogen and oxygen atoms in total. The number of hydrogen-bond donors (Lipinski definition) is 0. The number of rotatable bonds is 6. The summed E-state index contributed by atoms with van der Waals surface area (Å²) in [6, 6.07) is 9.45. The van der Waals surface area contributed by atoms with Gasteiger partial charge in [-0.15, -0.1) is 0 Å². The second-order valence-electron chi connectivity index (χ2n) is 7.56. The van der Waals surface area contributed by atoms with Gasteiger partial charge < -0.3 is 23.7 Å². The summed E-state index contributed by atoms with van der Waals surface area (Å²) in [5.74, 6) is 1.81. The molecule has 2 saturated heterocycles. The van der Waals surface area contributed by atoms with Crippen molar-refractivity contribution < 1.29 is 23.5 Å². The Labute approximate surface area is 170 Å². The third kappa shape index (κ3) is 3.81. The second kappa shape index (κ2) is 8.19. The fourth-order valence-corrected chi connectivity index (χ4v) is 4.35. The zero-order valence-electron chi connectivity index (χ0n) is 16.8. The largest absolute Gasteiger partial charge is 0.493 e. The first-order valence-electron chi connectivity index (χ1n) is 9.93. The van der Waals surface area contributed by atoms with Gasteiger partial charge in [0.05, 0.1) is 39.0 Å². The number of nitrogens with zero attached hydrogens (tertiary/aromatic N) is 2. The van der Waals surface area contributed by atoms with E-state index in [4.69, 9.17) is 13.9 Å². The SMILES string of the molecule is COc1ccc(C2CCCN2C(=O)C2CC(=O)N(Cc3ccco3)C2)cc1OC. The van der Waals surface area contributed by atoms with Crippen LogP contribution >= 0.6 is 0 Å². The van der Waals surface area contributed by atoms with Crippen molar-refractivity contribution in [2.75, 3.05) is 27.3 Å². The quantitative estimate of drug-likeness (QED) is 0.748. The van der Waals surface area contributed by atoms with Gasteiger partial charge in [0.15, 0.2) is 11.5 Å². The van der Waals surface area contributed by atoms with E-state index in [1.165, 1.54) is 0 Å². The Kier molecular flexibility index (Phi) is 5.47. The van der Waals surface area contributed by atoms with E-state index < -0.39 is 0 Å². The van der Waals surface area contributed by atoms with Crippen LogP contribution in [-0.4, -0.2) is 48.9 Å². The summed E-state index contributed by atoms with van der Waals surface area (Å²) >= 11 is 0. The molecule has 0 radical (unpaired) electrons. The van der Waals surface area contributed by atoms with Crippen LogP contribution in [0.3, 0.4) is 0 Å². The van der Waals surface area contributed by atoms with Gasteiger partial charge in [-0.25, -0.2) is 0 Å². The minimum atomic E-state index is -0.307. The van der Waals surface area contributed by atoms with Crippen molar-refractivity contribution in [2.24, 2.45) is 5.92 Å². The molecule has 2 atom stereocenters. The van der Waals surface area contributed by atoms with Gasteiger partial charge >= 0.3 is 0 Å². The molecule has 7 heteroatoms. The van der Waals surface area contributed by atoms with Gasteiger partial charge in [-0.1, -0.05) is 6.07 Å². The first-order chi connectivity index (χ1) is 14.1. The van der Waals surface area contributed by atoms with Crippen molar-refractivity contribution in [1.82, 2.24) is 9.80 Å². The number of furan rings is 1. The molecule has 2 aliphatic rings. The Hall–Kier alpha value is -2.96. The summed E-state index contributed by atoms with van der Waals surface area (Å²) in [6.45, 7) is 1.56. The molecule has 3 heterocycles. The summed E-state index contributed by atoms with van der Waals surface area (Å²) < 4.78 is 16.1. The van der Waals surface area contributed by atoms with Crippen molar-refractivity contribution >= 4 is 11.8 Å². The number of ether oxygens (including phenoxy) is 2. The summed E-state index contributed by atoms with van der Waals surface area (Å²) in [4.78, 5) is 29.3. The Bertz CT molecular complexity index is 879. The van der Waals surface area contributed by atoms with E-state index in [2.05, 4.69) is 0 Å². The highest BCUT2D eigenvalue weighted by molar-refractivity contribution is 5.89. The van der Waals surface area contributed by atoms with E-state index in [1.54, 1.807) is 31.4 Å². The maximum absolute atomic E-state index is 13.3. The Morgan fingerprint density at radius 2 is 2.03 bits per heavy atom. The minimum Gasteiger partial charge on any atom is -0.493 e. The summed E-state index contributed by atoms with van der Waals surface area (Å²) in [7, 11) is 3.21. The van der Waals surface area contributed by atoms with E-state index in [0.29, 0.717) is 31.1 Å². The third-order valence-corrected chi connectivity index (χ3v) is 5.82. The van der Waals surface area contributed by atoms with Crippen LogP contribution in [0.5, 0.6) is 11.5 Å². The molecule has 0 spiro atoms. The van der Waals surface area contributed by atoms with Gasteiger partial charge in [-0.2, -0.15) is 0 Å². The van der Waals surface area contributed by atoms with Crippen LogP contribution in [0.1, 0.15) is 36.6 Å². The van der Waals surface area contributed by atoms with Crippen LogP contribution in [0.25, 0.3) is 0 Å². The number of likely N-dealkylation sites (tertiary alicyclic amines) is 2. The van der Waals surface area contributed by atoms with Crippen LogP contribution in [0.15, 0.2) is 41.0 Å². The number of carbonyl (C=O) groups excluding carboxylic acids is 2. The average molecular weight is 398 g/mol. The lowest BCUT2D eigenvalue weighted by molar-refractivity contribution is -0.136. The van der Waals surface area contributed by atoms with Crippen LogP contribution in [-0.2, 0) is 16.1 Å². The lowest BCUT2D eigenvalue weighted by atomic mass is 10.0. The Morgan fingerprint density at radius 3 is 2.76 bits per heavy atom. The van der Waals surface area contributed by atoms with E-state index >= 15 is 0 Å². The van der Waals surface area contributed by atoms with Gasteiger partial charge in [0, 0.05) is 19.5 Å². The predicted octanol–water partition coefficient (Wildman–Crippen LogP) is 3.01. The van der Waals surface area contributed by atoms with Gasteiger partial charge in [-0.05, 0) is 42.7 Å². The smallest absolute Gasteiger partial charge is 0.228 e. The van der Waals surface area contributed by atoms with Gasteiger partial charge in [0.25, 0.3) is 0 Å². The molecule has 2 unspecified atom stereocenters. The Morgan fingerprint density at radius 1 is 1.21 bits per heavy atom. The first kappa shape index (κ1) is 19.4. The molecule has 0 saturated carbocycles. The normalized spacial score (nSPS) is 21.7. The van der Waals surface area contributed by atoms with Crippen LogP contribution in [0, 0.1) is 5.92 Å². The Balaban J connectivity index is 1.47. The number of carbonyl (C=O) groups is 2. The molecular formula is C22H26N2O5. The monoisotopic (exact) mass is 398 g/mol. The molecule has 154 valence electrons. The average Bonchev–Trinajstić information content (AvgIpc) is 3.49. The fourth-order valence-electron chi connectivity index (χ4n) is 4.35. The van der Waals surface area contributed by atoms with E-state index in [1.807, 2.05) is 29.2 Å². The highest BCUT2D eigenvalue weighted by atomic mass is 16.5. The minimum absolute atomic E-state index is 0.00149. The molecule has 1 aromatic carbocycles. The molecule has 2 aromatic rings. The van der Waals surface area contributed by atoms with E-state index in [-0.39, 0.29) is 30.2 Å². The summed E-state index contributed by atoms with van der Waals surface area (Å²) in [5.41, 5.74) is 1.03. The topological polar surface area (TPSA) is 72.2 Å². The predicted molar refractivity (Wildman–Crippen MR) is 105 cm³/mol. The molecule has 2 aliphatic heterocycles. The molecule has 1 aromatic heterocycles. The van der Waals surface area contributed by atoms with Crippen molar-refractivity contribution in [3.63, 3.8) is 0 Å². The zero-order chi connectivity index (χ0) is 20.4. The highest BCUT2D eigenvalue weighted by Crippen LogP contribution is 2.38. The zero-order valence-corrected chi connectivity index (χ0v) is 16.8. The lowest BCUT2D eigenvalue weighted by Crippen LogP contribution is -2.37. The maximum Gasteiger partial charge on any atom is 0.228 e. The van der Waals surface area contributed by atoms with Crippen LogP contribution in [0.2, 0.25) is 0 Å².